The summed E-state index contributed by atoms with van der Waals surface area (Å²) in [5.74, 6) is 0. The molecule has 3 heteroatoms. The molecule has 1 saturated carbocycles. The minimum Gasteiger partial charge on any atom is -0.333 e. The van der Waals surface area contributed by atoms with Crippen molar-refractivity contribution >= 4 is 0 Å². The maximum Gasteiger partial charge on any atom is 0.0948 e. The van der Waals surface area contributed by atoms with Crippen molar-refractivity contribution in [1.29, 1.82) is 0 Å². The maximum absolute atomic E-state index is 4.25. The maximum atomic E-state index is 4.25. The van der Waals surface area contributed by atoms with Crippen LogP contribution in [0.3, 0.4) is 0 Å². The van der Waals surface area contributed by atoms with E-state index in [1.165, 1.54) is 25.0 Å². The Labute approximate surface area is 105 Å². The zero-order chi connectivity index (χ0) is 12.3. The van der Waals surface area contributed by atoms with Crippen LogP contribution in [0, 0.1) is 5.41 Å². The summed E-state index contributed by atoms with van der Waals surface area (Å²) in [5, 5.41) is 3.71. The summed E-state index contributed by atoms with van der Waals surface area (Å²) < 4.78 is 2.26. The van der Waals surface area contributed by atoms with E-state index < -0.39 is 0 Å². The van der Waals surface area contributed by atoms with Gasteiger partial charge in [-0.15, -0.1) is 0 Å². The highest BCUT2D eigenvalue weighted by Crippen LogP contribution is 2.37. The van der Waals surface area contributed by atoms with Gasteiger partial charge in [-0.3, -0.25) is 0 Å². The van der Waals surface area contributed by atoms with Crippen LogP contribution in [0.4, 0.5) is 0 Å². The van der Waals surface area contributed by atoms with Gasteiger partial charge in [0.1, 0.15) is 0 Å². The van der Waals surface area contributed by atoms with E-state index in [-0.39, 0.29) is 0 Å². The third-order valence-corrected chi connectivity index (χ3v) is 4.05. The third-order valence-electron chi connectivity index (χ3n) is 4.05. The van der Waals surface area contributed by atoms with Gasteiger partial charge in [-0.25, -0.2) is 4.98 Å². The summed E-state index contributed by atoms with van der Waals surface area (Å²) in [6.45, 7) is 8.98. The summed E-state index contributed by atoms with van der Waals surface area (Å²) >= 11 is 0. The molecule has 3 nitrogen and oxygen atoms in total. The predicted molar refractivity (Wildman–Crippen MR) is 70.8 cm³/mol. The monoisotopic (exact) mass is 235 g/mol. The normalized spacial score (nSPS) is 23.1. The fraction of sp³-hybridized carbons (Fsp3) is 0.786. The van der Waals surface area contributed by atoms with Gasteiger partial charge in [0.2, 0.25) is 0 Å². The zero-order valence-electron chi connectivity index (χ0n) is 11.4. The molecule has 1 aromatic rings. The first kappa shape index (κ1) is 12.6. The van der Waals surface area contributed by atoms with Gasteiger partial charge in [-0.2, -0.15) is 0 Å². The van der Waals surface area contributed by atoms with Crippen molar-refractivity contribution in [3.63, 3.8) is 0 Å². The number of hydrogen-bond donors (Lipinski definition) is 1. The molecule has 0 aliphatic heterocycles. The lowest BCUT2D eigenvalue weighted by atomic mass is 9.87. The summed E-state index contributed by atoms with van der Waals surface area (Å²) in [4.78, 5) is 4.25. The molecule has 0 saturated heterocycles. The first-order valence-corrected chi connectivity index (χ1v) is 6.86. The predicted octanol–water partition coefficient (Wildman–Crippen LogP) is 2.96. The van der Waals surface area contributed by atoms with Gasteiger partial charge < -0.3 is 9.88 Å². The molecule has 0 amide bonds. The lowest BCUT2D eigenvalue weighted by molar-refractivity contribution is 0.280. The first-order chi connectivity index (χ1) is 8.13. The van der Waals surface area contributed by atoms with E-state index in [1.807, 2.05) is 12.5 Å². The van der Waals surface area contributed by atoms with Crippen LogP contribution in [0.2, 0.25) is 0 Å². The minimum absolute atomic E-state index is 0.454. The van der Waals surface area contributed by atoms with Crippen molar-refractivity contribution in [2.24, 2.45) is 5.41 Å². The van der Waals surface area contributed by atoms with Crippen molar-refractivity contribution in [3.05, 3.63) is 18.2 Å². The van der Waals surface area contributed by atoms with Crippen molar-refractivity contribution in [2.45, 2.75) is 65.6 Å². The van der Waals surface area contributed by atoms with E-state index >= 15 is 0 Å². The molecule has 1 unspecified atom stereocenters. The van der Waals surface area contributed by atoms with Gasteiger partial charge in [0.25, 0.3) is 0 Å². The highest BCUT2D eigenvalue weighted by Gasteiger charge is 2.33. The number of aromatic nitrogens is 2. The Hall–Kier alpha value is -0.830. The Bertz CT molecular complexity index is 354. The molecule has 0 bridgehead atoms. The van der Waals surface area contributed by atoms with Crippen LogP contribution >= 0.6 is 0 Å². The summed E-state index contributed by atoms with van der Waals surface area (Å²) in [6, 6.07) is 0.660. The van der Waals surface area contributed by atoms with E-state index in [1.54, 1.807) is 0 Å². The van der Waals surface area contributed by atoms with Crippen LogP contribution in [0.15, 0.2) is 12.5 Å². The Morgan fingerprint density at radius 1 is 1.53 bits per heavy atom. The van der Waals surface area contributed by atoms with E-state index in [0.29, 0.717) is 11.5 Å². The Kier molecular flexibility index (Phi) is 3.87. The van der Waals surface area contributed by atoms with Crippen LogP contribution in [-0.4, -0.2) is 15.6 Å². The third kappa shape index (κ3) is 2.89. The first-order valence-electron chi connectivity index (χ1n) is 6.86. The molecule has 1 aliphatic carbocycles. The summed E-state index contributed by atoms with van der Waals surface area (Å²) in [6.07, 6.45) is 9.12. The Balaban J connectivity index is 1.91. The summed E-state index contributed by atoms with van der Waals surface area (Å²) in [5.41, 5.74) is 1.77. The van der Waals surface area contributed by atoms with Gasteiger partial charge in [0.05, 0.1) is 12.0 Å². The SMILES string of the molecule is CCCn1cncc1CNC1CCCC1(C)C. The summed E-state index contributed by atoms with van der Waals surface area (Å²) in [7, 11) is 0. The molecule has 1 N–H and O–H groups in total. The Morgan fingerprint density at radius 2 is 2.35 bits per heavy atom. The lowest BCUT2D eigenvalue weighted by Crippen LogP contribution is -2.37. The second-order valence-electron chi connectivity index (χ2n) is 5.89. The molecule has 96 valence electrons. The van der Waals surface area contributed by atoms with Crippen LogP contribution in [0.1, 0.15) is 52.1 Å². The molecule has 1 aromatic heterocycles. The smallest absolute Gasteiger partial charge is 0.0948 e. The minimum atomic E-state index is 0.454. The number of nitrogens with zero attached hydrogens (tertiary/aromatic N) is 2. The Morgan fingerprint density at radius 3 is 3.00 bits per heavy atom. The molecule has 1 aliphatic rings. The average Bonchev–Trinajstić information content (AvgIpc) is 2.83. The van der Waals surface area contributed by atoms with Crippen molar-refractivity contribution in [1.82, 2.24) is 14.9 Å². The highest BCUT2D eigenvalue weighted by molar-refractivity contribution is 5.00. The molecule has 17 heavy (non-hydrogen) atoms. The van der Waals surface area contributed by atoms with Crippen molar-refractivity contribution in [2.75, 3.05) is 0 Å². The molecule has 0 radical (unpaired) electrons. The topological polar surface area (TPSA) is 29.9 Å². The molecule has 0 aromatic carbocycles. The molecule has 1 heterocycles. The van der Waals surface area contributed by atoms with Gasteiger partial charge in [0.15, 0.2) is 0 Å². The van der Waals surface area contributed by atoms with Crippen molar-refractivity contribution < 1.29 is 0 Å². The molecule has 2 rings (SSSR count). The van der Waals surface area contributed by atoms with Crippen molar-refractivity contribution in [3.8, 4) is 0 Å². The van der Waals surface area contributed by atoms with E-state index in [0.717, 1.165) is 19.5 Å². The number of aryl methyl sites for hydroxylation is 1. The number of rotatable bonds is 5. The van der Waals surface area contributed by atoms with Gasteiger partial charge in [-0.05, 0) is 24.7 Å². The van der Waals surface area contributed by atoms with Gasteiger partial charge in [0, 0.05) is 25.3 Å². The zero-order valence-corrected chi connectivity index (χ0v) is 11.4. The van der Waals surface area contributed by atoms with Crippen LogP contribution < -0.4 is 5.32 Å². The van der Waals surface area contributed by atoms with Crippen LogP contribution in [0.5, 0.6) is 0 Å². The van der Waals surface area contributed by atoms with Gasteiger partial charge in [-0.1, -0.05) is 27.2 Å². The molecule has 0 spiro atoms. The van der Waals surface area contributed by atoms with E-state index in [2.05, 4.69) is 35.6 Å². The average molecular weight is 235 g/mol. The molecule has 1 fully saturated rings. The quantitative estimate of drug-likeness (QED) is 0.850. The molecule has 1 atom stereocenters. The van der Waals surface area contributed by atoms with E-state index in [9.17, 15) is 0 Å². The van der Waals surface area contributed by atoms with Crippen LogP contribution in [-0.2, 0) is 13.1 Å². The highest BCUT2D eigenvalue weighted by atomic mass is 15.1. The van der Waals surface area contributed by atoms with E-state index in [4.69, 9.17) is 0 Å². The lowest BCUT2D eigenvalue weighted by Gasteiger charge is -2.28. The number of nitrogens with one attached hydrogen (secondary N) is 1. The fourth-order valence-corrected chi connectivity index (χ4v) is 2.87. The molecular weight excluding hydrogens is 210 g/mol. The molecular formula is C14H25N3. The second kappa shape index (κ2) is 5.21. The fourth-order valence-electron chi connectivity index (χ4n) is 2.87. The second-order valence-corrected chi connectivity index (χ2v) is 5.89. The van der Waals surface area contributed by atoms with Crippen LogP contribution in [0.25, 0.3) is 0 Å². The number of imidazole rings is 1. The number of hydrogen-bond acceptors (Lipinski definition) is 2. The standard InChI is InChI=1S/C14H25N3/c1-4-8-17-11-15-9-12(17)10-16-13-6-5-7-14(13,2)3/h9,11,13,16H,4-8,10H2,1-3H3. The van der Waals surface area contributed by atoms with Gasteiger partial charge >= 0.3 is 0 Å². The largest absolute Gasteiger partial charge is 0.333 e.